The van der Waals surface area contributed by atoms with E-state index in [1.165, 1.54) is 0 Å². The Bertz CT molecular complexity index is 1040. The number of piperidine rings is 1. The van der Waals surface area contributed by atoms with Gasteiger partial charge in [0.2, 0.25) is 0 Å². The zero-order chi connectivity index (χ0) is 24.3. The van der Waals surface area contributed by atoms with Crippen LogP contribution in [0.4, 0.5) is 8.78 Å². The summed E-state index contributed by atoms with van der Waals surface area (Å²) in [4.78, 5) is 8.46. The first kappa shape index (κ1) is 24.3. The molecule has 0 aromatic carbocycles. The molecule has 3 saturated heterocycles. The van der Waals surface area contributed by atoms with Gasteiger partial charge in [0.05, 0.1) is 11.2 Å². The van der Waals surface area contributed by atoms with Gasteiger partial charge in [-0.25, -0.2) is 18.3 Å². The van der Waals surface area contributed by atoms with Gasteiger partial charge in [0.1, 0.15) is 35.8 Å². The third-order valence-electron chi connectivity index (χ3n) is 6.89. The van der Waals surface area contributed by atoms with Gasteiger partial charge in [-0.1, -0.05) is 0 Å². The lowest BCUT2D eigenvalue weighted by atomic mass is 9.96. The number of aromatic nitrogens is 3. The Labute approximate surface area is 202 Å². The van der Waals surface area contributed by atoms with Crippen LogP contribution in [-0.2, 0) is 14.2 Å². The molecule has 0 aliphatic carbocycles. The fraction of sp³-hybridized carbons (Fsp3) is 0.739. The second kappa shape index (κ2) is 8.94. The monoisotopic (exact) mass is 497 g/mol. The first-order chi connectivity index (χ1) is 16.1. The second-order valence-corrected chi connectivity index (χ2v) is 11.0. The van der Waals surface area contributed by atoms with Crippen LogP contribution in [0.15, 0.2) is 23.5 Å². The van der Waals surface area contributed by atoms with Gasteiger partial charge in [-0.2, -0.15) is 5.10 Å². The first-order valence-corrected chi connectivity index (χ1v) is 12.9. The molecule has 3 fully saturated rings. The summed E-state index contributed by atoms with van der Waals surface area (Å²) in [6.07, 6.45) is 1.94. The fourth-order valence-electron chi connectivity index (χ4n) is 5.51. The van der Waals surface area contributed by atoms with E-state index in [0.717, 1.165) is 16.2 Å². The molecule has 5 rings (SSSR count). The van der Waals surface area contributed by atoms with Gasteiger partial charge in [-0.3, -0.25) is 4.90 Å². The van der Waals surface area contributed by atoms with Crippen LogP contribution in [0.5, 0.6) is 0 Å². The molecule has 188 valence electrons. The Morgan fingerprint density at radius 3 is 2.71 bits per heavy atom. The lowest BCUT2D eigenvalue weighted by molar-refractivity contribution is -0.192. The van der Waals surface area contributed by atoms with Gasteiger partial charge in [-0.05, 0) is 46.3 Å². The molecule has 0 amide bonds. The van der Waals surface area contributed by atoms with E-state index >= 15 is 0 Å². The SMILES string of the molecule is CSc1ncnn2c([C@@H]3O[C@H](CN4CCC(F)(F)C[C@H]4CN(C)C)[C@H]4OC(C)(C)O[C@H]43)ccc12. The van der Waals surface area contributed by atoms with E-state index < -0.39 is 11.7 Å². The fourth-order valence-corrected chi connectivity index (χ4v) is 6.03. The van der Waals surface area contributed by atoms with Gasteiger partial charge < -0.3 is 19.1 Å². The molecule has 8 nitrogen and oxygen atoms in total. The minimum atomic E-state index is -2.63. The molecule has 34 heavy (non-hydrogen) atoms. The highest BCUT2D eigenvalue weighted by Crippen LogP contribution is 2.46. The molecular weight excluding hydrogens is 464 g/mol. The second-order valence-electron chi connectivity index (χ2n) is 10.2. The van der Waals surface area contributed by atoms with E-state index in [-0.39, 0.29) is 43.3 Å². The van der Waals surface area contributed by atoms with Crippen molar-refractivity contribution in [2.24, 2.45) is 0 Å². The van der Waals surface area contributed by atoms with Gasteiger partial charge >= 0.3 is 0 Å². The maximum atomic E-state index is 14.2. The Morgan fingerprint density at radius 1 is 1.21 bits per heavy atom. The molecule has 2 aromatic heterocycles. The van der Waals surface area contributed by atoms with Crippen molar-refractivity contribution in [1.82, 2.24) is 24.4 Å². The van der Waals surface area contributed by atoms with Gasteiger partial charge in [0.25, 0.3) is 5.92 Å². The maximum Gasteiger partial charge on any atom is 0.250 e. The number of ether oxygens (including phenoxy) is 3. The van der Waals surface area contributed by atoms with Gasteiger partial charge in [0, 0.05) is 38.5 Å². The molecule has 5 heterocycles. The Balaban J connectivity index is 1.42. The van der Waals surface area contributed by atoms with Crippen LogP contribution in [0.1, 0.15) is 38.5 Å². The van der Waals surface area contributed by atoms with Crippen molar-refractivity contribution in [2.45, 2.75) is 73.9 Å². The van der Waals surface area contributed by atoms with E-state index in [0.29, 0.717) is 19.6 Å². The number of hydrogen-bond donors (Lipinski definition) is 0. The molecule has 3 aliphatic heterocycles. The van der Waals surface area contributed by atoms with Crippen molar-refractivity contribution in [2.75, 3.05) is 40.0 Å². The molecular formula is C23H33F2N5O3S. The van der Waals surface area contributed by atoms with Crippen molar-refractivity contribution in [3.05, 3.63) is 24.2 Å². The van der Waals surface area contributed by atoms with E-state index in [1.54, 1.807) is 18.1 Å². The maximum absolute atomic E-state index is 14.2. The molecule has 0 bridgehead atoms. The Morgan fingerprint density at radius 2 is 1.97 bits per heavy atom. The smallest absolute Gasteiger partial charge is 0.250 e. The number of likely N-dealkylation sites (N-methyl/N-ethyl adjacent to an activating group) is 1. The van der Waals surface area contributed by atoms with Crippen LogP contribution in [-0.4, -0.2) is 100 Å². The van der Waals surface area contributed by atoms with Crippen LogP contribution < -0.4 is 0 Å². The van der Waals surface area contributed by atoms with E-state index in [2.05, 4.69) is 15.0 Å². The van der Waals surface area contributed by atoms with Crippen molar-refractivity contribution in [1.29, 1.82) is 0 Å². The predicted molar refractivity (Wildman–Crippen MR) is 124 cm³/mol. The number of likely N-dealkylation sites (tertiary alicyclic amines) is 1. The molecule has 2 aromatic rings. The minimum Gasteiger partial charge on any atom is -0.362 e. The quantitative estimate of drug-likeness (QED) is 0.565. The molecule has 11 heteroatoms. The average molecular weight is 498 g/mol. The molecule has 5 atom stereocenters. The van der Waals surface area contributed by atoms with Crippen molar-refractivity contribution in [3.8, 4) is 0 Å². The number of rotatable bonds is 6. The number of alkyl halides is 2. The summed E-state index contributed by atoms with van der Waals surface area (Å²) >= 11 is 1.56. The standard InChI is InChI=1S/C23H33F2N5O3S/c1-22(2)32-19-17(12-29-9-8-23(24,25)10-14(29)11-28(3)4)31-18(20(19)33-22)15-6-7-16-21(34-5)26-13-27-30(15)16/h6-7,13-14,17-20H,8-12H2,1-5H3/t14-,17+,18-,19+,20-/m0/s1. The van der Waals surface area contributed by atoms with E-state index in [9.17, 15) is 8.78 Å². The summed E-state index contributed by atoms with van der Waals surface area (Å²) in [7, 11) is 3.84. The molecule has 0 radical (unpaired) electrons. The summed E-state index contributed by atoms with van der Waals surface area (Å²) in [5.41, 5.74) is 1.79. The van der Waals surface area contributed by atoms with Crippen molar-refractivity contribution >= 4 is 17.3 Å². The number of nitrogens with zero attached hydrogens (tertiary/aromatic N) is 5. The highest BCUT2D eigenvalue weighted by molar-refractivity contribution is 7.98. The molecule has 0 spiro atoms. The minimum absolute atomic E-state index is 0.137. The highest BCUT2D eigenvalue weighted by Gasteiger charge is 2.57. The average Bonchev–Trinajstić information content (AvgIpc) is 3.40. The summed E-state index contributed by atoms with van der Waals surface area (Å²) in [6.45, 7) is 5.22. The number of fused-ring (bicyclic) bond motifs is 2. The molecule has 3 aliphatic rings. The lowest BCUT2D eigenvalue weighted by Crippen LogP contribution is -2.54. The first-order valence-electron chi connectivity index (χ1n) is 11.7. The summed E-state index contributed by atoms with van der Waals surface area (Å²) in [5.74, 6) is -3.38. The van der Waals surface area contributed by atoms with Crippen LogP contribution in [0, 0.1) is 0 Å². The van der Waals surface area contributed by atoms with Gasteiger partial charge in [-0.15, -0.1) is 11.8 Å². The van der Waals surface area contributed by atoms with Crippen molar-refractivity contribution in [3.63, 3.8) is 0 Å². The molecule has 0 N–H and O–H groups in total. The van der Waals surface area contributed by atoms with Crippen LogP contribution in [0.25, 0.3) is 5.52 Å². The number of hydrogen-bond acceptors (Lipinski definition) is 8. The van der Waals surface area contributed by atoms with Crippen LogP contribution in [0.3, 0.4) is 0 Å². The number of halogens is 2. The summed E-state index contributed by atoms with van der Waals surface area (Å²) in [6, 6.07) is 3.74. The largest absolute Gasteiger partial charge is 0.362 e. The van der Waals surface area contributed by atoms with E-state index in [4.69, 9.17) is 14.2 Å². The summed E-state index contributed by atoms with van der Waals surface area (Å²) < 4.78 is 49.5. The van der Waals surface area contributed by atoms with Gasteiger partial charge in [0.15, 0.2) is 5.79 Å². The van der Waals surface area contributed by atoms with Crippen LogP contribution >= 0.6 is 11.8 Å². The molecule has 0 unspecified atom stereocenters. The summed E-state index contributed by atoms with van der Waals surface area (Å²) in [5, 5.41) is 5.35. The van der Waals surface area contributed by atoms with Crippen molar-refractivity contribution < 1.29 is 23.0 Å². The molecule has 0 saturated carbocycles. The Hall–Kier alpha value is -1.37. The van der Waals surface area contributed by atoms with E-state index in [1.807, 2.05) is 55.7 Å². The highest BCUT2D eigenvalue weighted by atomic mass is 32.2. The third-order valence-corrected chi connectivity index (χ3v) is 7.59. The third kappa shape index (κ3) is 4.58. The van der Waals surface area contributed by atoms with Crippen LogP contribution in [0.2, 0.25) is 0 Å². The normalized spacial score (nSPS) is 33.1. The zero-order valence-corrected chi connectivity index (χ0v) is 21.1. The lowest BCUT2D eigenvalue weighted by Gasteiger charge is -2.41. The predicted octanol–water partition coefficient (Wildman–Crippen LogP) is 3.07. The number of thioether (sulfide) groups is 1. The topological polar surface area (TPSA) is 64.4 Å². The Kier molecular flexibility index (Phi) is 6.39. The zero-order valence-electron chi connectivity index (χ0n) is 20.3.